The van der Waals surface area contributed by atoms with Crippen LogP contribution in [0.1, 0.15) is 39.2 Å². The molecule has 1 aromatic rings. The molecule has 0 saturated carbocycles. The molecule has 5 nitrogen and oxygen atoms in total. The fraction of sp³-hybridized carbons (Fsp3) is 0.556. The standard InChI is InChI=1S/C18H26N2O3/c1-13-5-7-15(8-6-13)19-16(21)14-9-11-20(12-10-14)17(22)23-18(2,3)4/h5-8,14H,9-12H2,1-4H3,(H,19,21). The van der Waals surface area contributed by atoms with Crippen LogP contribution in [0.15, 0.2) is 24.3 Å². The van der Waals surface area contributed by atoms with Gasteiger partial charge in [-0.15, -0.1) is 0 Å². The first-order chi connectivity index (χ1) is 10.7. The molecule has 1 aliphatic heterocycles. The van der Waals surface area contributed by atoms with Crippen LogP contribution < -0.4 is 5.32 Å². The zero-order chi connectivity index (χ0) is 17.0. The van der Waals surface area contributed by atoms with Crippen molar-refractivity contribution in [1.82, 2.24) is 4.90 Å². The van der Waals surface area contributed by atoms with E-state index in [9.17, 15) is 9.59 Å². The number of benzene rings is 1. The lowest BCUT2D eigenvalue weighted by Crippen LogP contribution is -2.43. The molecule has 0 radical (unpaired) electrons. The van der Waals surface area contributed by atoms with E-state index in [1.807, 2.05) is 52.0 Å². The van der Waals surface area contributed by atoms with E-state index in [1.54, 1.807) is 4.90 Å². The maximum atomic E-state index is 12.3. The molecule has 1 heterocycles. The normalized spacial score (nSPS) is 16.1. The Kier molecular flexibility index (Phi) is 5.29. The first-order valence-corrected chi connectivity index (χ1v) is 8.10. The van der Waals surface area contributed by atoms with Crippen molar-refractivity contribution in [1.29, 1.82) is 0 Å². The fourth-order valence-corrected chi connectivity index (χ4v) is 2.53. The molecule has 1 aliphatic rings. The number of amides is 2. The van der Waals surface area contributed by atoms with Gasteiger partial charge in [-0.25, -0.2) is 4.79 Å². The maximum absolute atomic E-state index is 12.3. The summed E-state index contributed by atoms with van der Waals surface area (Å²) in [5, 5.41) is 2.95. The number of hydrogen-bond acceptors (Lipinski definition) is 3. The smallest absolute Gasteiger partial charge is 0.410 e. The number of likely N-dealkylation sites (tertiary alicyclic amines) is 1. The van der Waals surface area contributed by atoms with Crippen molar-refractivity contribution in [2.45, 2.75) is 46.1 Å². The molecule has 0 aliphatic carbocycles. The Balaban J connectivity index is 1.83. The second-order valence-electron chi connectivity index (χ2n) is 7.10. The number of aryl methyl sites for hydroxylation is 1. The van der Waals surface area contributed by atoms with Crippen LogP contribution in [-0.2, 0) is 9.53 Å². The van der Waals surface area contributed by atoms with E-state index in [2.05, 4.69) is 5.32 Å². The summed E-state index contributed by atoms with van der Waals surface area (Å²) in [4.78, 5) is 26.0. The molecule has 1 aromatic carbocycles. The van der Waals surface area contributed by atoms with Gasteiger partial charge in [-0.05, 0) is 52.7 Å². The van der Waals surface area contributed by atoms with Gasteiger partial charge in [0.15, 0.2) is 0 Å². The minimum Gasteiger partial charge on any atom is -0.444 e. The molecule has 1 saturated heterocycles. The summed E-state index contributed by atoms with van der Waals surface area (Å²) in [6.07, 6.45) is 1.03. The predicted molar refractivity (Wildman–Crippen MR) is 90.3 cm³/mol. The third-order valence-electron chi connectivity index (χ3n) is 3.84. The molecule has 0 aromatic heterocycles. The van der Waals surface area contributed by atoms with Gasteiger partial charge in [0.2, 0.25) is 5.91 Å². The van der Waals surface area contributed by atoms with Crippen LogP contribution in [-0.4, -0.2) is 35.6 Å². The minimum absolute atomic E-state index is 0.0256. The highest BCUT2D eigenvalue weighted by Gasteiger charge is 2.29. The fourth-order valence-electron chi connectivity index (χ4n) is 2.53. The summed E-state index contributed by atoms with van der Waals surface area (Å²) in [5.41, 5.74) is 1.49. The molecule has 126 valence electrons. The molecule has 2 rings (SSSR count). The maximum Gasteiger partial charge on any atom is 0.410 e. The summed E-state index contributed by atoms with van der Waals surface area (Å²) in [6.45, 7) is 8.69. The number of ether oxygens (including phenoxy) is 1. The van der Waals surface area contributed by atoms with Gasteiger partial charge in [-0.1, -0.05) is 17.7 Å². The van der Waals surface area contributed by atoms with E-state index in [1.165, 1.54) is 0 Å². The summed E-state index contributed by atoms with van der Waals surface area (Å²) in [7, 11) is 0. The minimum atomic E-state index is -0.489. The number of nitrogens with one attached hydrogen (secondary N) is 1. The first-order valence-electron chi connectivity index (χ1n) is 8.10. The molecule has 0 atom stereocenters. The average Bonchev–Trinajstić information content (AvgIpc) is 2.48. The summed E-state index contributed by atoms with van der Waals surface area (Å²) < 4.78 is 5.37. The van der Waals surface area contributed by atoms with Crippen LogP contribution in [0.2, 0.25) is 0 Å². The topological polar surface area (TPSA) is 58.6 Å². The van der Waals surface area contributed by atoms with Crippen molar-refractivity contribution in [2.24, 2.45) is 5.92 Å². The molecule has 2 amide bonds. The molecular formula is C18H26N2O3. The number of nitrogens with zero attached hydrogens (tertiary/aromatic N) is 1. The monoisotopic (exact) mass is 318 g/mol. The molecule has 23 heavy (non-hydrogen) atoms. The third-order valence-corrected chi connectivity index (χ3v) is 3.84. The SMILES string of the molecule is Cc1ccc(NC(=O)C2CCN(C(=O)OC(C)(C)C)CC2)cc1. The molecule has 1 N–H and O–H groups in total. The number of anilines is 1. The highest BCUT2D eigenvalue weighted by atomic mass is 16.6. The van der Waals surface area contributed by atoms with Crippen molar-refractivity contribution in [3.8, 4) is 0 Å². The van der Waals surface area contributed by atoms with E-state index < -0.39 is 5.60 Å². The zero-order valence-corrected chi connectivity index (χ0v) is 14.4. The van der Waals surface area contributed by atoms with Crippen molar-refractivity contribution in [3.05, 3.63) is 29.8 Å². The highest BCUT2D eigenvalue weighted by Crippen LogP contribution is 2.21. The van der Waals surface area contributed by atoms with E-state index in [0.717, 1.165) is 11.3 Å². The summed E-state index contributed by atoms with van der Waals surface area (Å²) >= 11 is 0. The van der Waals surface area contributed by atoms with Crippen LogP contribution in [0.25, 0.3) is 0 Å². The highest BCUT2D eigenvalue weighted by molar-refractivity contribution is 5.92. The quantitative estimate of drug-likeness (QED) is 0.906. The van der Waals surface area contributed by atoms with Crippen LogP contribution in [0.3, 0.4) is 0 Å². The van der Waals surface area contributed by atoms with Crippen LogP contribution in [0, 0.1) is 12.8 Å². The molecule has 0 bridgehead atoms. The van der Waals surface area contributed by atoms with Crippen molar-refractivity contribution in [3.63, 3.8) is 0 Å². The molecule has 1 fully saturated rings. The van der Waals surface area contributed by atoms with E-state index >= 15 is 0 Å². The molecule has 0 unspecified atom stereocenters. The predicted octanol–water partition coefficient (Wildman–Crippen LogP) is 3.58. The van der Waals surface area contributed by atoms with E-state index in [4.69, 9.17) is 4.74 Å². The van der Waals surface area contributed by atoms with E-state index in [0.29, 0.717) is 25.9 Å². The van der Waals surface area contributed by atoms with Gasteiger partial charge in [-0.2, -0.15) is 0 Å². The third kappa shape index (κ3) is 5.27. The Morgan fingerprint density at radius 1 is 1.13 bits per heavy atom. The van der Waals surface area contributed by atoms with Crippen LogP contribution in [0.4, 0.5) is 10.5 Å². The lowest BCUT2D eigenvalue weighted by molar-refractivity contribution is -0.121. The number of carbonyl (C=O) groups is 2. The van der Waals surface area contributed by atoms with Crippen LogP contribution in [0.5, 0.6) is 0 Å². The molecular weight excluding hydrogens is 292 g/mol. The molecule has 0 spiro atoms. The van der Waals surface area contributed by atoms with Gasteiger partial charge in [0.05, 0.1) is 0 Å². The van der Waals surface area contributed by atoms with Crippen molar-refractivity contribution >= 4 is 17.7 Å². The number of hydrogen-bond donors (Lipinski definition) is 1. The van der Waals surface area contributed by atoms with Crippen molar-refractivity contribution < 1.29 is 14.3 Å². The van der Waals surface area contributed by atoms with Gasteiger partial charge in [0.25, 0.3) is 0 Å². The van der Waals surface area contributed by atoms with Gasteiger partial charge >= 0.3 is 6.09 Å². The largest absolute Gasteiger partial charge is 0.444 e. The van der Waals surface area contributed by atoms with Gasteiger partial charge in [0, 0.05) is 24.7 Å². The number of piperidine rings is 1. The first kappa shape index (κ1) is 17.3. The number of carbonyl (C=O) groups excluding carboxylic acids is 2. The zero-order valence-electron chi connectivity index (χ0n) is 14.4. The summed E-state index contributed by atoms with van der Waals surface area (Å²) in [5.74, 6) is -0.0346. The van der Waals surface area contributed by atoms with Crippen LogP contribution >= 0.6 is 0 Å². The van der Waals surface area contributed by atoms with Gasteiger partial charge in [-0.3, -0.25) is 4.79 Å². The van der Waals surface area contributed by atoms with Gasteiger partial charge in [0.1, 0.15) is 5.60 Å². The second kappa shape index (κ2) is 7.02. The van der Waals surface area contributed by atoms with Gasteiger partial charge < -0.3 is 15.0 Å². The Morgan fingerprint density at radius 3 is 2.22 bits per heavy atom. The van der Waals surface area contributed by atoms with Crippen molar-refractivity contribution in [2.75, 3.05) is 18.4 Å². The second-order valence-corrected chi connectivity index (χ2v) is 7.10. The average molecular weight is 318 g/mol. The lowest BCUT2D eigenvalue weighted by atomic mass is 9.96. The Morgan fingerprint density at radius 2 is 1.70 bits per heavy atom. The Labute approximate surface area is 138 Å². The van der Waals surface area contributed by atoms with E-state index in [-0.39, 0.29) is 17.9 Å². The summed E-state index contributed by atoms with van der Waals surface area (Å²) in [6, 6.07) is 7.76. The Bertz CT molecular complexity index is 553. The Hall–Kier alpha value is -2.04. The number of rotatable bonds is 2. The molecule has 5 heteroatoms. The lowest BCUT2D eigenvalue weighted by Gasteiger charge is -2.32.